The number of aromatic nitrogens is 1. The monoisotopic (exact) mass is 503 g/mol. The highest BCUT2D eigenvalue weighted by Crippen LogP contribution is 2.20. The Morgan fingerprint density at radius 1 is 1.17 bits per heavy atom. The standard InChI is InChI=1S/C23H23ClFN5O5/c1-14(31)30(28-11-17-7-4-8-19(25)21(17)24)18(12-27-22(32)33)13-35-23(34)29-20-9-15-5-2-3-6-16(15)10-26-20/h2-10,18,27-28H,11-13H2,1H3,(H,32,33)(H,26,29,34)/t18-/m0/s1. The molecular weight excluding hydrogens is 481 g/mol. The average molecular weight is 504 g/mol. The van der Waals surface area contributed by atoms with Crippen LogP contribution in [0.1, 0.15) is 12.5 Å². The number of pyridine rings is 1. The van der Waals surface area contributed by atoms with Gasteiger partial charge in [0.25, 0.3) is 0 Å². The summed E-state index contributed by atoms with van der Waals surface area (Å²) >= 11 is 5.96. The molecule has 1 atom stereocenters. The summed E-state index contributed by atoms with van der Waals surface area (Å²) in [5.74, 6) is -0.849. The fourth-order valence-corrected chi connectivity index (χ4v) is 3.44. The molecule has 0 spiro atoms. The molecule has 3 rings (SSSR count). The van der Waals surface area contributed by atoms with E-state index < -0.39 is 30.0 Å². The largest absolute Gasteiger partial charge is 0.465 e. The van der Waals surface area contributed by atoms with Crippen molar-refractivity contribution in [1.29, 1.82) is 0 Å². The number of fused-ring (bicyclic) bond motifs is 1. The molecule has 1 heterocycles. The maximum atomic E-state index is 13.7. The SMILES string of the molecule is CC(=O)N(NCc1cccc(F)c1Cl)[C@@H](CNC(=O)O)COC(=O)Nc1cc2ccccc2cn1. The van der Waals surface area contributed by atoms with Crippen LogP contribution >= 0.6 is 11.6 Å². The lowest BCUT2D eigenvalue weighted by Gasteiger charge is -2.31. The number of nitrogens with zero attached hydrogens (tertiary/aromatic N) is 2. The van der Waals surface area contributed by atoms with E-state index in [-0.39, 0.29) is 30.5 Å². The molecule has 0 aliphatic heterocycles. The Balaban J connectivity index is 1.66. The molecule has 4 N–H and O–H groups in total. The van der Waals surface area contributed by atoms with Gasteiger partial charge >= 0.3 is 12.2 Å². The molecule has 12 heteroatoms. The molecule has 1 aromatic heterocycles. The number of benzene rings is 2. The van der Waals surface area contributed by atoms with Crippen molar-refractivity contribution in [2.75, 3.05) is 18.5 Å². The van der Waals surface area contributed by atoms with Crippen molar-refractivity contribution >= 4 is 46.3 Å². The highest BCUT2D eigenvalue weighted by molar-refractivity contribution is 6.31. The lowest BCUT2D eigenvalue weighted by molar-refractivity contribution is -0.136. The number of hydrogen-bond donors (Lipinski definition) is 4. The Morgan fingerprint density at radius 2 is 1.91 bits per heavy atom. The zero-order chi connectivity index (χ0) is 25.4. The number of carbonyl (C=O) groups excluding carboxylic acids is 2. The first-order valence-electron chi connectivity index (χ1n) is 10.5. The van der Waals surface area contributed by atoms with Gasteiger partial charge in [-0.1, -0.05) is 48.0 Å². The molecule has 0 saturated carbocycles. The topological polar surface area (TPSA) is 133 Å². The molecule has 0 bridgehead atoms. The third-order valence-corrected chi connectivity index (χ3v) is 5.36. The summed E-state index contributed by atoms with van der Waals surface area (Å²) < 4.78 is 19.0. The van der Waals surface area contributed by atoms with E-state index in [9.17, 15) is 18.8 Å². The van der Waals surface area contributed by atoms with E-state index >= 15 is 0 Å². The highest BCUT2D eigenvalue weighted by atomic mass is 35.5. The minimum absolute atomic E-state index is 0.0348. The van der Waals surface area contributed by atoms with Gasteiger partial charge in [0.05, 0.1) is 11.1 Å². The summed E-state index contributed by atoms with van der Waals surface area (Å²) in [6.45, 7) is 0.601. The zero-order valence-electron chi connectivity index (χ0n) is 18.6. The summed E-state index contributed by atoms with van der Waals surface area (Å²) in [4.78, 5) is 39.8. The molecule has 0 fully saturated rings. The zero-order valence-corrected chi connectivity index (χ0v) is 19.4. The second-order valence-corrected chi connectivity index (χ2v) is 7.79. The number of halogens is 2. The van der Waals surface area contributed by atoms with Crippen molar-refractivity contribution < 1.29 is 28.6 Å². The molecule has 184 valence electrons. The van der Waals surface area contributed by atoms with E-state index in [1.54, 1.807) is 18.3 Å². The number of nitrogens with one attached hydrogen (secondary N) is 3. The molecule has 0 saturated heterocycles. The predicted molar refractivity (Wildman–Crippen MR) is 127 cm³/mol. The third-order valence-electron chi connectivity index (χ3n) is 4.93. The molecule has 35 heavy (non-hydrogen) atoms. The second kappa shape index (κ2) is 12.0. The first kappa shape index (κ1) is 25.7. The van der Waals surface area contributed by atoms with Gasteiger partial charge in [-0.15, -0.1) is 0 Å². The Labute approximate surface area is 205 Å². The van der Waals surface area contributed by atoms with Gasteiger partial charge in [-0.3, -0.25) is 15.1 Å². The average Bonchev–Trinajstić information content (AvgIpc) is 2.82. The normalized spacial score (nSPS) is 11.5. The quantitative estimate of drug-likeness (QED) is 0.327. The van der Waals surface area contributed by atoms with Crippen LogP contribution in [0.25, 0.3) is 10.8 Å². The number of ether oxygens (including phenoxy) is 1. The van der Waals surface area contributed by atoms with E-state index in [2.05, 4.69) is 21.0 Å². The van der Waals surface area contributed by atoms with Crippen molar-refractivity contribution in [3.05, 3.63) is 71.1 Å². The minimum Gasteiger partial charge on any atom is -0.465 e. The Morgan fingerprint density at radius 3 is 2.63 bits per heavy atom. The van der Waals surface area contributed by atoms with Crippen LogP contribution in [0.15, 0.2) is 54.7 Å². The Hall–Kier alpha value is -3.96. The van der Waals surface area contributed by atoms with E-state index in [0.29, 0.717) is 5.56 Å². The molecule has 2 aromatic carbocycles. The Kier molecular flexibility index (Phi) is 8.76. The third kappa shape index (κ3) is 7.26. The fourth-order valence-electron chi connectivity index (χ4n) is 3.25. The predicted octanol–water partition coefficient (Wildman–Crippen LogP) is 3.77. The first-order chi connectivity index (χ1) is 16.7. The molecule has 10 nitrogen and oxygen atoms in total. The van der Waals surface area contributed by atoms with Crippen molar-refractivity contribution in [1.82, 2.24) is 20.7 Å². The van der Waals surface area contributed by atoms with E-state index in [1.165, 1.54) is 19.1 Å². The number of hydrogen-bond acceptors (Lipinski definition) is 6. The fraction of sp³-hybridized carbons (Fsp3) is 0.217. The summed E-state index contributed by atoms with van der Waals surface area (Å²) in [6, 6.07) is 12.4. The second-order valence-electron chi connectivity index (χ2n) is 7.42. The molecule has 3 amide bonds. The molecule has 3 aromatic rings. The van der Waals surface area contributed by atoms with Crippen LogP contribution in [0.4, 0.5) is 19.8 Å². The van der Waals surface area contributed by atoms with Gasteiger partial charge in [-0.05, 0) is 23.1 Å². The van der Waals surface area contributed by atoms with Crippen LogP contribution in [-0.2, 0) is 16.1 Å². The van der Waals surface area contributed by atoms with Gasteiger partial charge in [0.15, 0.2) is 0 Å². The van der Waals surface area contributed by atoms with E-state index in [1.807, 2.05) is 24.3 Å². The molecular formula is C23H23ClFN5O5. The highest BCUT2D eigenvalue weighted by Gasteiger charge is 2.24. The lowest BCUT2D eigenvalue weighted by Crippen LogP contribution is -2.54. The van der Waals surface area contributed by atoms with Crippen LogP contribution in [0.3, 0.4) is 0 Å². The number of anilines is 1. The van der Waals surface area contributed by atoms with Crippen molar-refractivity contribution in [3.63, 3.8) is 0 Å². The molecule has 0 aliphatic carbocycles. The molecule has 0 radical (unpaired) electrons. The number of carboxylic acid groups (broad SMARTS) is 1. The smallest absolute Gasteiger partial charge is 0.412 e. The molecule has 0 unspecified atom stereocenters. The van der Waals surface area contributed by atoms with Crippen LogP contribution in [-0.4, -0.2) is 52.4 Å². The van der Waals surface area contributed by atoms with E-state index in [0.717, 1.165) is 15.8 Å². The van der Waals surface area contributed by atoms with Gasteiger partial charge in [0.2, 0.25) is 5.91 Å². The summed E-state index contributed by atoms with van der Waals surface area (Å²) in [5, 5.41) is 16.4. The van der Waals surface area contributed by atoms with Gasteiger partial charge < -0.3 is 15.2 Å². The van der Waals surface area contributed by atoms with Gasteiger partial charge in [0, 0.05) is 31.6 Å². The van der Waals surface area contributed by atoms with Gasteiger partial charge in [0.1, 0.15) is 18.2 Å². The van der Waals surface area contributed by atoms with Crippen molar-refractivity contribution in [2.45, 2.75) is 19.5 Å². The maximum absolute atomic E-state index is 13.7. The number of carbonyl (C=O) groups is 3. The van der Waals surface area contributed by atoms with Crippen LogP contribution in [0, 0.1) is 5.82 Å². The summed E-state index contributed by atoms with van der Waals surface area (Å²) in [7, 11) is 0. The van der Waals surface area contributed by atoms with Crippen molar-refractivity contribution in [3.8, 4) is 0 Å². The van der Waals surface area contributed by atoms with Crippen LogP contribution in [0.2, 0.25) is 5.02 Å². The number of hydrazine groups is 1. The van der Waals surface area contributed by atoms with Crippen LogP contribution < -0.4 is 16.1 Å². The van der Waals surface area contributed by atoms with Crippen LogP contribution in [0.5, 0.6) is 0 Å². The van der Waals surface area contributed by atoms with Gasteiger partial charge in [-0.2, -0.15) is 0 Å². The summed E-state index contributed by atoms with van der Waals surface area (Å²) in [6.07, 6.45) is -0.565. The number of rotatable bonds is 9. The lowest BCUT2D eigenvalue weighted by atomic mass is 10.2. The number of amides is 3. The van der Waals surface area contributed by atoms with Crippen molar-refractivity contribution in [2.24, 2.45) is 0 Å². The minimum atomic E-state index is -1.32. The molecule has 0 aliphatic rings. The Bertz CT molecular complexity index is 1230. The van der Waals surface area contributed by atoms with Gasteiger partial charge in [-0.25, -0.2) is 24.4 Å². The maximum Gasteiger partial charge on any atom is 0.412 e. The summed E-state index contributed by atoms with van der Waals surface area (Å²) in [5.41, 5.74) is 3.18. The van der Waals surface area contributed by atoms with E-state index in [4.69, 9.17) is 21.4 Å². The first-order valence-corrected chi connectivity index (χ1v) is 10.8.